The van der Waals surface area contributed by atoms with Gasteiger partial charge in [0.25, 0.3) is 0 Å². The Balaban J connectivity index is 1.80. The smallest absolute Gasteiger partial charge is 0.410 e. The summed E-state index contributed by atoms with van der Waals surface area (Å²) in [7, 11) is 0. The van der Waals surface area contributed by atoms with Gasteiger partial charge in [-0.05, 0) is 68.2 Å². The van der Waals surface area contributed by atoms with Crippen LogP contribution in [0.5, 0.6) is 0 Å². The normalized spacial score (nSPS) is 15.8. The molecule has 1 aromatic carbocycles. The highest BCUT2D eigenvalue weighted by Gasteiger charge is 2.28. The minimum absolute atomic E-state index is 0.0686. The van der Waals surface area contributed by atoms with E-state index in [1.807, 2.05) is 33.2 Å². The van der Waals surface area contributed by atoms with Gasteiger partial charge in [-0.1, -0.05) is 40.7 Å². The molecule has 2 heterocycles. The zero-order chi connectivity index (χ0) is 23.7. The van der Waals surface area contributed by atoms with Gasteiger partial charge in [0, 0.05) is 30.8 Å². The highest BCUT2D eigenvalue weighted by molar-refractivity contribution is 5.68. The molecule has 0 bridgehead atoms. The molecule has 5 heteroatoms. The number of rotatable bonds is 3. The van der Waals surface area contributed by atoms with Gasteiger partial charge < -0.3 is 9.64 Å². The Morgan fingerprint density at radius 2 is 1.69 bits per heavy atom. The van der Waals surface area contributed by atoms with Crippen LogP contribution in [0.3, 0.4) is 0 Å². The molecule has 1 saturated heterocycles. The van der Waals surface area contributed by atoms with Crippen molar-refractivity contribution in [1.29, 1.82) is 0 Å². The number of benzene rings is 1. The van der Waals surface area contributed by atoms with E-state index < -0.39 is 5.60 Å². The minimum atomic E-state index is -0.468. The lowest BCUT2D eigenvalue weighted by Gasteiger charge is -2.33. The maximum absolute atomic E-state index is 12.4. The highest BCUT2D eigenvalue weighted by atomic mass is 16.6. The first-order valence-electron chi connectivity index (χ1n) is 11.8. The number of likely N-dealkylation sites (tertiary alicyclic amines) is 1. The molecule has 1 fully saturated rings. The van der Waals surface area contributed by atoms with E-state index in [9.17, 15) is 4.79 Å². The fraction of sp³-hybridized carbons (Fsp3) is 0.593. The topological polar surface area (TPSA) is 55.3 Å². The van der Waals surface area contributed by atoms with Gasteiger partial charge >= 0.3 is 6.09 Å². The van der Waals surface area contributed by atoms with Crippen LogP contribution in [0, 0.1) is 0 Å². The fourth-order valence-electron chi connectivity index (χ4n) is 3.97. The van der Waals surface area contributed by atoms with Crippen LogP contribution in [0.25, 0.3) is 11.3 Å². The first-order valence-corrected chi connectivity index (χ1v) is 11.8. The summed E-state index contributed by atoms with van der Waals surface area (Å²) >= 11 is 0. The first-order chi connectivity index (χ1) is 14.8. The Bertz CT molecular complexity index is 946. The number of carbonyl (C=O) groups excluding carboxylic acids is 1. The van der Waals surface area contributed by atoms with E-state index in [1.54, 1.807) is 4.90 Å². The molecular formula is C27H39N3O2. The van der Waals surface area contributed by atoms with Gasteiger partial charge in [-0.15, -0.1) is 0 Å². The van der Waals surface area contributed by atoms with Crippen molar-refractivity contribution in [1.82, 2.24) is 14.9 Å². The molecule has 1 amide bonds. The van der Waals surface area contributed by atoms with E-state index in [2.05, 4.69) is 57.8 Å². The number of nitrogens with zero attached hydrogens (tertiary/aromatic N) is 3. The van der Waals surface area contributed by atoms with Crippen molar-refractivity contribution in [3.05, 3.63) is 47.4 Å². The van der Waals surface area contributed by atoms with Gasteiger partial charge in [-0.25, -0.2) is 9.78 Å². The molecule has 0 saturated carbocycles. The minimum Gasteiger partial charge on any atom is -0.444 e. The van der Waals surface area contributed by atoms with Crippen LogP contribution >= 0.6 is 0 Å². The van der Waals surface area contributed by atoms with Crippen LogP contribution in [0.2, 0.25) is 0 Å². The molecule has 0 aliphatic carbocycles. The number of ether oxygens (including phenoxy) is 1. The lowest BCUT2D eigenvalue weighted by atomic mass is 9.83. The molecule has 5 nitrogen and oxygen atoms in total. The summed E-state index contributed by atoms with van der Waals surface area (Å²) in [5.41, 5.74) is 5.30. The van der Waals surface area contributed by atoms with E-state index in [4.69, 9.17) is 9.72 Å². The Kier molecular flexibility index (Phi) is 6.97. The maximum atomic E-state index is 12.4. The van der Waals surface area contributed by atoms with Crippen molar-refractivity contribution < 1.29 is 9.53 Å². The van der Waals surface area contributed by atoms with E-state index in [1.165, 1.54) is 11.1 Å². The molecule has 0 unspecified atom stereocenters. The summed E-state index contributed by atoms with van der Waals surface area (Å²) in [4.78, 5) is 23.7. The molecule has 1 aliphatic heterocycles. The zero-order valence-corrected chi connectivity index (χ0v) is 21.0. The second-order valence-electron chi connectivity index (χ2n) is 11.3. The van der Waals surface area contributed by atoms with Crippen LogP contribution in [0.15, 0.2) is 30.6 Å². The van der Waals surface area contributed by atoms with Gasteiger partial charge in [0.15, 0.2) is 0 Å². The number of hydrogen-bond donors (Lipinski definition) is 0. The SMILES string of the molecule is CC(C)c1cc(-c2cncc(C3CCN(C(=O)OC(C)(C)C)CC3)n2)cc(C(C)(C)C)c1. The Labute approximate surface area is 193 Å². The van der Waals surface area contributed by atoms with E-state index >= 15 is 0 Å². The standard InChI is InChI=1S/C27H39N3O2/c1-18(2)20-13-21(15-22(14-20)26(3,4)5)24-17-28-16-23(29-24)19-9-11-30(12-10-19)25(31)32-27(6,7)8/h13-19H,9-12H2,1-8H3. The summed E-state index contributed by atoms with van der Waals surface area (Å²) in [6.45, 7) is 18.3. The summed E-state index contributed by atoms with van der Waals surface area (Å²) in [5, 5.41) is 0. The number of piperidine rings is 1. The molecular weight excluding hydrogens is 398 g/mol. The van der Waals surface area contributed by atoms with Crippen molar-refractivity contribution in [3.8, 4) is 11.3 Å². The number of aromatic nitrogens is 2. The Morgan fingerprint density at radius 3 is 2.25 bits per heavy atom. The molecule has 0 atom stereocenters. The second-order valence-corrected chi connectivity index (χ2v) is 11.3. The van der Waals surface area contributed by atoms with Crippen LogP contribution < -0.4 is 0 Å². The lowest BCUT2D eigenvalue weighted by Crippen LogP contribution is -2.41. The molecule has 32 heavy (non-hydrogen) atoms. The van der Waals surface area contributed by atoms with Gasteiger partial charge in [-0.3, -0.25) is 4.98 Å². The van der Waals surface area contributed by atoms with Crippen LogP contribution in [0.4, 0.5) is 4.79 Å². The van der Waals surface area contributed by atoms with E-state index in [0.717, 1.165) is 29.8 Å². The molecule has 0 radical (unpaired) electrons. The van der Waals surface area contributed by atoms with Crippen molar-refractivity contribution in [3.63, 3.8) is 0 Å². The third-order valence-electron chi connectivity index (χ3n) is 6.00. The molecule has 1 aliphatic rings. The second kappa shape index (κ2) is 9.21. The summed E-state index contributed by atoms with van der Waals surface area (Å²) < 4.78 is 5.52. The molecule has 174 valence electrons. The van der Waals surface area contributed by atoms with Crippen molar-refractivity contribution in [2.24, 2.45) is 0 Å². The molecule has 0 N–H and O–H groups in total. The lowest BCUT2D eigenvalue weighted by molar-refractivity contribution is 0.0204. The number of amides is 1. The van der Waals surface area contributed by atoms with Gasteiger partial charge in [-0.2, -0.15) is 0 Å². The van der Waals surface area contributed by atoms with Gasteiger partial charge in [0.05, 0.1) is 17.6 Å². The number of hydrogen-bond acceptors (Lipinski definition) is 4. The fourth-order valence-corrected chi connectivity index (χ4v) is 3.97. The predicted octanol–water partition coefficient (Wildman–Crippen LogP) is 6.68. The quantitative estimate of drug-likeness (QED) is 0.537. The monoisotopic (exact) mass is 437 g/mol. The van der Waals surface area contributed by atoms with Crippen molar-refractivity contribution in [2.45, 2.75) is 91.1 Å². The van der Waals surface area contributed by atoms with Crippen molar-refractivity contribution in [2.75, 3.05) is 13.1 Å². The molecule has 1 aromatic heterocycles. The van der Waals surface area contributed by atoms with Crippen LogP contribution in [-0.4, -0.2) is 39.7 Å². The molecule has 3 rings (SSSR count). The highest BCUT2D eigenvalue weighted by Crippen LogP contribution is 2.33. The van der Waals surface area contributed by atoms with Crippen LogP contribution in [-0.2, 0) is 10.2 Å². The van der Waals surface area contributed by atoms with Gasteiger partial charge in [0.2, 0.25) is 0 Å². The first kappa shape index (κ1) is 24.2. The summed E-state index contributed by atoms with van der Waals surface area (Å²) in [6.07, 6.45) is 5.27. The van der Waals surface area contributed by atoms with Crippen LogP contribution in [0.1, 0.15) is 96.9 Å². The zero-order valence-electron chi connectivity index (χ0n) is 21.0. The molecule has 0 spiro atoms. The van der Waals surface area contributed by atoms with Gasteiger partial charge in [0.1, 0.15) is 5.60 Å². The van der Waals surface area contributed by atoms with E-state index in [-0.39, 0.29) is 11.5 Å². The molecule has 2 aromatic rings. The number of carbonyl (C=O) groups is 1. The Hall–Kier alpha value is -2.43. The largest absolute Gasteiger partial charge is 0.444 e. The predicted molar refractivity (Wildman–Crippen MR) is 130 cm³/mol. The average Bonchev–Trinajstić information content (AvgIpc) is 2.72. The maximum Gasteiger partial charge on any atom is 0.410 e. The third-order valence-corrected chi connectivity index (χ3v) is 6.00. The third kappa shape index (κ3) is 6.08. The summed E-state index contributed by atoms with van der Waals surface area (Å²) in [6, 6.07) is 6.82. The summed E-state index contributed by atoms with van der Waals surface area (Å²) in [5.74, 6) is 0.751. The Morgan fingerprint density at radius 1 is 1.03 bits per heavy atom. The van der Waals surface area contributed by atoms with Crippen molar-refractivity contribution >= 4 is 6.09 Å². The average molecular weight is 438 g/mol. The van der Waals surface area contributed by atoms with E-state index in [0.29, 0.717) is 24.9 Å².